The Labute approximate surface area is 201 Å². The van der Waals surface area contributed by atoms with Gasteiger partial charge in [-0.1, -0.05) is 18.2 Å². The molecule has 2 heterocycles. The third kappa shape index (κ3) is 6.16. The second kappa shape index (κ2) is 11.7. The first-order valence-electron chi connectivity index (χ1n) is 10.8. The summed E-state index contributed by atoms with van der Waals surface area (Å²) >= 11 is 0. The second-order valence-corrected chi connectivity index (χ2v) is 7.30. The van der Waals surface area contributed by atoms with E-state index in [1.54, 1.807) is 43.4 Å². The lowest BCUT2D eigenvalue weighted by Gasteiger charge is -2.06. The van der Waals surface area contributed by atoms with Gasteiger partial charge in [0.05, 0.1) is 43.8 Å². The minimum atomic E-state index is -0.230. The largest absolute Gasteiger partial charge is 0.497 e. The Morgan fingerprint density at radius 2 is 1.97 bits per heavy atom. The van der Waals surface area contributed by atoms with E-state index in [2.05, 4.69) is 30.9 Å². The van der Waals surface area contributed by atoms with E-state index in [-0.39, 0.29) is 12.5 Å². The van der Waals surface area contributed by atoms with Gasteiger partial charge in [-0.15, -0.1) is 0 Å². The average molecular weight is 476 g/mol. The Morgan fingerprint density at radius 1 is 1.11 bits per heavy atom. The van der Waals surface area contributed by atoms with E-state index in [0.717, 1.165) is 22.4 Å². The lowest BCUT2D eigenvalue weighted by atomic mass is 10.2. The van der Waals surface area contributed by atoms with Crippen LogP contribution in [-0.4, -0.2) is 65.9 Å². The second-order valence-electron chi connectivity index (χ2n) is 7.30. The highest BCUT2D eigenvalue weighted by Gasteiger charge is 2.11. The normalized spacial score (nSPS) is 11.1. The van der Waals surface area contributed by atoms with Crippen molar-refractivity contribution >= 4 is 34.7 Å². The van der Waals surface area contributed by atoms with E-state index < -0.39 is 0 Å². The predicted octanol–water partition coefficient (Wildman–Crippen LogP) is 2.87. The molecule has 2 N–H and O–H groups in total. The molecule has 4 aromatic rings. The highest BCUT2D eigenvalue weighted by atomic mass is 16.5. The monoisotopic (exact) mass is 475 g/mol. The number of carbonyl (C=O) groups is 1. The molecule has 0 unspecified atom stereocenters. The van der Waals surface area contributed by atoms with E-state index in [9.17, 15) is 4.79 Å². The van der Waals surface area contributed by atoms with Gasteiger partial charge in [0.1, 0.15) is 18.7 Å². The van der Waals surface area contributed by atoms with Gasteiger partial charge >= 0.3 is 0 Å². The topological polar surface area (TPSA) is 125 Å². The summed E-state index contributed by atoms with van der Waals surface area (Å²) in [6, 6.07) is 14.8. The quantitative estimate of drug-likeness (QED) is 0.193. The third-order valence-electron chi connectivity index (χ3n) is 4.91. The number of methoxy groups -OCH3 is 2. The molecule has 180 valence electrons. The molecule has 4 rings (SSSR count). The Balaban J connectivity index is 1.39. The van der Waals surface area contributed by atoms with E-state index >= 15 is 0 Å². The van der Waals surface area contributed by atoms with Gasteiger partial charge in [-0.25, -0.2) is 14.6 Å². The molecule has 0 spiro atoms. The molecule has 2 aromatic carbocycles. The number of hydrazone groups is 1. The number of hydrogen-bond acceptors (Lipinski definition) is 9. The fourth-order valence-electron chi connectivity index (χ4n) is 3.19. The molecular weight excluding hydrogens is 450 g/mol. The van der Waals surface area contributed by atoms with Crippen molar-refractivity contribution in [3.05, 3.63) is 66.6 Å². The average Bonchev–Trinajstić information content (AvgIpc) is 3.33. The fraction of sp³-hybridized carbons (Fsp3) is 0.208. The van der Waals surface area contributed by atoms with Gasteiger partial charge in [0.15, 0.2) is 11.5 Å². The van der Waals surface area contributed by atoms with Gasteiger partial charge in [0.2, 0.25) is 5.91 Å². The van der Waals surface area contributed by atoms with Crippen molar-refractivity contribution in [1.29, 1.82) is 0 Å². The number of ether oxygens (including phenoxy) is 3. The summed E-state index contributed by atoms with van der Waals surface area (Å²) in [5.41, 5.74) is 5.91. The summed E-state index contributed by atoms with van der Waals surface area (Å²) in [7, 11) is 3.20. The number of anilines is 2. The zero-order valence-corrected chi connectivity index (χ0v) is 19.3. The zero-order valence-electron chi connectivity index (χ0n) is 19.3. The lowest BCUT2D eigenvalue weighted by molar-refractivity contribution is -0.121. The molecule has 11 nitrogen and oxygen atoms in total. The van der Waals surface area contributed by atoms with Crippen LogP contribution in [0.2, 0.25) is 0 Å². The number of nitrogens with one attached hydrogen (secondary N) is 2. The molecule has 2 aromatic heterocycles. The van der Waals surface area contributed by atoms with Gasteiger partial charge in [-0.3, -0.25) is 10.2 Å². The Hall–Kier alpha value is -4.35. The molecule has 0 bridgehead atoms. The van der Waals surface area contributed by atoms with Crippen molar-refractivity contribution in [2.24, 2.45) is 5.10 Å². The Bertz CT molecular complexity index is 1300. The van der Waals surface area contributed by atoms with Crippen molar-refractivity contribution in [2.75, 3.05) is 44.8 Å². The SMILES string of the molecule is COCCOCC(=O)Nc1ccc(/C=N/Nc2ncnc3c2cnn3-c2cccc(OC)c2)cc1. The van der Waals surface area contributed by atoms with Crippen molar-refractivity contribution in [1.82, 2.24) is 19.7 Å². The van der Waals surface area contributed by atoms with Gasteiger partial charge in [-0.2, -0.15) is 10.2 Å². The van der Waals surface area contributed by atoms with E-state index in [0.29, 0.717) is 30.4 Å². The van der Waals surface area contributed by atoms with Crippen LogP contribution in [0.4, 0.5) is 11.5 Å². The van der Waals surface area contributed by atoms with E-state index in [1.165, 1.54) is 6.33 Å². The maximum Gasteiger partial charge on any atom is 0.250 e. The van der Waals surface area contributed by atoms with Crippen molar-refractivity contribution < 1.29 is 19.0 Å². The molecule has 0 saturated heterocycles. The minimum absolute atomic E-state index is 0.0295. The number of rotatable bonds is 11. The number of benzene rings is 2. The van der Waals surface area contributed by atoms with Crippen molar-refractivity contribution in [3.63, 3.8) is 0 Å². The van der Waals surface area contributed by atoms with Crippen LogP contribution in [0.5, 0.6) is 5.75 Å². The Morgan fingerprint density at radius 3 is 2.77 bits per heavy atom. The molecule has 0 atom stereocenters. The lowest BCUT2D eigenvalue weighted by Crippen LogP contribution is -2.19. The minimum Gasteiger partial charge on any atom is -0.497 e. The first-order valence-corrected chi connectivity index (χ1v) is 10.8. The molecule has 0 aliphatic rings. The fourth-order valence-corrected chi connectivity index (χ4v) is 3.19. The summed E-state index contributed by atoms with van der Waals surface area (Å²) in [6.45, 7) is 0.783. The van der Waals surface area contributed by atoms with Crippen molar-refractivity contribution in [3.8, 4) is 11.4 Å². The number of amides is 1. The summed E-state index contributed by atoms with van der Waals surface area (Å²) in [4.78, 5) is 20.5. The molecule has 11 heteroatoms. The maximum absolute atomic E-state index is 11.9. The smallest absolute Gasteiger partial charge is 0.250 e. The number of hydrogen-bond donors (Lipinski definition) is 2. The van der Waals surface area contributed by atoms with Crippen LogP contribution in [0.1, 0.15) is 5.56 Å². The molecule has 1 amide bonds. The van der Waals surface area contributed by atoms with Gasteiger partial charge in [0, 0.05) is 18.9 Å². The first kappa shape index (κ1) is 23.8. The van der Waals surface area contributed by atoms with E-state index in [4.69, 9.17) is 14.2 Å². The van der Waals surface area contributed by atoms with Gasteiger partial charge < -0.3 is 19.5 Å². The van der Waals surface area contributed by atoms with Crippen LogP contribution < -0.4 is 15.5 Å². The third-order valence-corrected chi connectivity index (χ3v) is 4.91. The molecule has 35 heavy (non-hydrogen) atoms. The van der Waals surface area contributed by atoms with Crippen LogP contribution >= 0.6 is 0 Å². The summed E-state index contributed by atoms with van der Waals surface area (Å²) < 4.78 is 17.1. The Kier molecular flexibility index (Phi) is 7.94. The van der Waals surface area contributed by atoms with Crippen LogP contribution in [-0.2, 0) is 14.3 Å². The zero-order chi connectivity index (χ0) is 24.5. The maximum atomic E-state index is 11.9. The summed E-state index contributed by atoms with van der Waals surface area (Å²) in [5, 5.41) is 12.2. The molecule has 0 aliphatic carbocycles. The number of aromatic nitrogens is 4. The first-order chi connectivity index (χ1) is 17.2. The molecule has 0 aliphatic heterocycles. The van der Waals surface area contributed by atoms with Gasteiger partial charge in [-0.05, 0) is 29.8 Å². The number of fused-ring (bicyclic) bond motifs is 1. The van der Waals surface area contributed by atoms with E-state index in [1.807, 2.05) is 36.4 Å². The van der Waals surface area contributed by atoms with Crippen LogP contribution in [0.25, 0.3) is 16.7 Å². The number of carbonyl (C=O) groups excluding carboxylic acids is 1. The highest BCUT2D eigenvalue weighted by Crippen LogP contribution is 2.23. The number of nitrogens with zero attached hydrogens (tertiary/aromatic N) is 5. The highest BCUT2D eigenvalue weighted by molar-refractivity contribution is 5.92. The van der Waals surface area contributed by atoms with Gasteiger partial charge in [0.25, 0.3) is 0 Å². The van der Waals surface area contributed by atoms with Crippen LogP contribution in [0.15, 0.2) is 66.2 Å². The van der Waals surface area contributed by atoms with Crippen LogP contribution in [0, 0.1) is 0 Å². The van der Waals surface area contributed by atoms with Crippen LogP contribution in [0.3, 0.4) is 0 Å². The molecule has 0 saturated carbocycles. The summed E-state index contributed by atoms with van der Waals surface area (Å²) in [6.07, 6.45) is 4.79. The predicted molar refractivity (Wildman–Crippen MR) is 132 cm³/mol. The summed E-state index contributed by atoms with van der Waals surface area (Å²) in [5.74, 6) is 1.02. The standard InChI is InChI=1S/C24H25N7O4/c1-33-10-11-35-15-22(32)29-18-8-6-17(7-9-18)13-27-30-23-21-14-28-31(24(21)26-16-25-23)19-4-3-5-20(12-19)34-2/h3-9,12-14,16H,10-11,15H2,1-2H3,(H,29,32)(H,25,26,30)/b27-13+. The van der Waals surface area contributed by atoms with Crippen molar-refractivity contribution in [2.45, 2.75) is 0 Å². The molecule has 0 fully saturated rings. The molecular formula is C24H25N7O4. The molecule has 0 radical (unpaired) electrons.